The maximum atomic E-state index is 12.7. The predicted molar refractivity (Wildman–Crippen MR) is 98.0 cm³/mol. The zero-order valence-corrected chi connectivity index (χ0v) is 15.4. The molecule has 2 heterocycles. The maximum Gasteiger partial charge on any atom is 0.243 e. The van der Waals surface area contributed by atoms with E-state index in [9.17, 15) is 8.42 Å². The van der Waals surface area contributed by atoms with Gasteiger partial charge in [0, 0.05) is 30.9 Å². The third kappa shape index (κ3) is 4.16. The van der Waals surface area contributed by atoms with E-state index in [0.717, 1.165) is 24.4 Å². The molecule has 134 valence electrons. The first-order chi connectivity index (χ1) is 12.0. The van der Waals surface area contributed by atoms with Crippen molar-refractivity contribution in [1.29, 1.82) is 0 Å². The minimum Gasteiger partial charge on any atom is -0.367 e. The maximum absolute atomic E-state index is 12.7. The van der Waals surface area contributed by atoms with Gasteiger partial charge in [-0.1, -0.05) is 32.0 Å². The van der Waals surface area contributed by atoms with Gasteiger partial charge in [-0.2, -0.15) is 4.31 Å². The van der Waals surface area contributed by atoms with Gasteiger partial charge in [-0.05, 0) is 30.9 Å². The molecule has 0 radical (unpaired) electrons. The van der Waals surface area contributed by atoms with Crippen LogP contribution in [-0.4, -0.2) is 41.8 Å². The molecule has 1 aromatic carbocycles. The average Bonchev–Trinajstić information content (AvgIpc) is 2.63. The lowest BCUT2D eigenvalue weighted by Gasteiger charge is -2.31. The molecule has 0 saturated carbocycles. The molecule has 0 amide bonds. The molecule has 1 fully saturated rings. The second kappa shape index (κ2) is 7.49. The van der Waals surface area contributed by atoms with Gasteiger partial charge in [0.25, 0.3) is 0 Å². The number of benzene rings is 1. The van der Waals surface area contributed by atoms with Gasteiger partial charge in [0.2, 0.25) is 10.0 Å². The van der Waals surface area contributed by atoms with Gasteiger partial charge >= 0.3 is 0 Å². The van der Waals surface area contributed by atoms with Gasteiger partial charge in [-0.3, -0.25) is 0 Å². The number of piperidine rings is 1. The Balaban J connectivity index is 1.62. The predicted octanol–water partition coefficient (Wildman–Crippen LogP) is 2.87. The van der Waals surface area contributed by atoms with Crippen LogP contribution in [0.15, 0.2) is 47.6 Å². The molecule has 1 saturated heterocycles. The summed E-state index contributed by atoms with van der Waals surface area (Å²) < 4.78 is 26.9. The first-order valence-electron chi connectivity index (χ1n) is 8.60. The molecule has 7 heteroatoms. The average molecular weight is 360 g/mol. The van der Waals surface area contributed by atoms with Crippen molar-refractivity contribution in [2.45, 2.75) is 43.5 Å². The summed E-state index contributed by atoms with van der Waals surface area (Å²) in [5.74, 6) is 1.16. The van der Waals surface area contributed by atoms with Crippen LogP contribution in [0.2, 0.25) is 0 Å². The Kier molecular flexibility index (Phi) is 5.34. The van der Waals surface area contributed by atoms with Gasteiger partial charge in [0.05, 0.1) is 4.90 Å². The molecule has 1 N–H and O–H groups in total. The van der Waals surface area contributed by atoms with Crippen LogP contribution in [0.4, 0.5) is 5.82 Å². The first-order valence-corrected chi connectivity index (χ1v) is 10.0. The lowest BCUT2D eigenvalue weighted by Crippen LogP contribution is -2.42. The lowest BCUT2D eigenvalue weighted by atomic mass is 10.1. The van der Waals surface area contributed by atoms with Crippen molar-refractivity contribution in [3.8, 4) is 0 Å². The number of nitrogens with one attached hydrogen (secondary N) is 1. The summed E-state index contributed by atoms with van der Waals surface area (Å²) in [6, 6.07) is 10.8. The van der Waals surface area contributed by atoms with Crippen molar-refractivity contribution in [2.24, 2.45) is 0 Å². The third-order valence-corrected chi connectivity index (χ3v) is 6.38. The SMILES string of the molecule is CC(C)c1cc(NC2CCN(S(=O)(=O)c3ccccc3)CC2)ncn1. The Bertz CT molecular complexity index is 801. The molecule has 0 aliphatic carbocycles. The molecule has 1 aliphatic rings. The van der Waals surface area contributed by atoms with E-state index in [-0.39, 0.29) is 6.04 Å². The number of anilines is 1. The second-order valence-electron chi connectivity index (χ2n) is 6.62. The Hall–Kier alpha value is -1.99. The van der Waals surface area contributed by atoms with Crippen molar-refractivity contribution in [2.75, 3.05) is 18.4 Å². The number of nitrogens with zero attached hydrogens (tertiary/aromatic N) is 3. The number of aromatic nitrogens is 2. The highest BCUT2D eigenvalue weighted by Gasteiger charge is 2.29. The van der Waals surface area contributed by atoms with E-state index < -0.39 is 10.0 Å². The number of hydrogen-bond donors (Lipinski definition) is 1. The molecule has 0 unspecified atom stereocenters. The van der Waals surface area contributed by atoms with Gasteiger partial charge in [0.1, 0.15) is 12.1 Å². The van der Waals surface area contributed by atoms with E-state index in [1.54, 1.807) is 34.9 Å². The fourth-order valence-electron chi connectivity index (χ4n) is 2.96. The standard InChI is InChI=1S/C18H24N4O2S/c1-14(2)17-12-18(20-13-19-17)21-15-8-10-22(11-9-15)25(23,24)16-6-4-3-5-7-16/h3-7,12-15H,8-11H2,1-2H3,(H,19,20,21). The van der Waals surface area contributed by atoms with Crippen LogP contribution < -0.4 is 5.32 Å². The fourth-order valence-corrected chi connectivity index (χ4v) is 4.45. The van der Waals surface area contributed by atoms with Gasteiger partial charge < -0.3 is 5.32 Å². The highest BCUT2D eigenvalue weighted by Crippen LogP contribution is 2.22. The van der Waals surface area contributed by atoms with Crippen molar-refractivity contribution in [3.63, 3.8) is 0 Å². The molecule has 25 heavy (non-hydrogen) atoms. The summed E-state index contributed by atoms with van der Waals surface area (Å²) >= 11 is 0. The Morgan fingerprint density at radius 1 is 1.12 bits per heavy atom. The van der Waals surface area contributed by atoms with Crippen LogP contribution in [0.25, 0.3) is 0 Å². The Morgan fingerprint density at radius 3 is 2.44 bits per heavy atom. The van der Waals surface area contributed by atoms with Crippen molar-refractivity contribution in [1.82, 2.24) is 14.3 Å². The number of hydrogen-bond acceptors (Lipinski definition) is 5. The molecule has 1 aliphatic heterocycles. The lowest BCUT2D eigenvalue weighted by molar-refractivity contribution is 0.329. The van der Waals surface area contributed by atoms with Gasteiger partial charge in [0.15, 0.2) is 0 Å². The number of sulfonamides is 1. The molecule has 6 nitrogen and oxygen atoms in total. The summed E-state index contributed by atoms with van der Waals surface area (Å²) in [5.41, 5.74) is 1.00. The van der Waals surface area contributed by atoms with Crippen LogP contribution in [0.3, 0.4) is 0 Å². The van der Waals surface area contributed by atoms with Crippen molar-refractivity contribution in [3.05, 3.63) is 48.4 Å². The summed E-state index contributed by atoms with van der Waals surface area (Å²) in [4.78, 5) is 8.91. The topological polar surface area (TPSA) is 75.2 Å². The second-order valence-corrected chi connectivity index (χ2v) is 8.56. The van der Waals surface area contributed by atoms with Gasteiger partial charge in [-0.15, -0.1) is 0 Å². The van der Waals surface area contributed by atoms with Gasteiger partial charge in [-0.25, -0.2) is 18.4 Å². The van der Waals surface area contributed by atoms with E-state index in [1.807, 2.05) is 12.1 Å². The minimum atomic E-state index is -3.40. The largest absolute Gasteiger partial charge is 0.367 e. The zero-order chi connectivity index (χ0) is 17.9. The molecule has 0 bridgehead atoms. The number of rotatable bonds is 5. The quantitative estimate of drug-likeness (QED) is 0.887. The molecular weight excluding hydrogens is 336 g/mol. The highest BCUT2D eigenvalue weighted by atomic mass is 32.2. The smallest absolute Gasteiger partial charge is 0.243 e. The van der Waals surface area contributed by atoms with Crippen molar-refractivity contribution >= 4 is 15.8 Å². The Morgan fingerprint density at radius 2 is 1.80 bits per heavy atom. The normalized spacial score (nSPS) is 16.9. The zero-order valence-electron chi connectivity index (χ0n) is 14.6. The molecule has 1 aromatic heterocycles. The minimum absolute atomic E-state index is 0.220. The molecule has 0 spiro atoms. The van der Waals surface area contributed by atoms with Crippen LogP contribution in [0, 0.1) is 0 Å². The van der Waals surface area contributed by atoms with E-state index in [2.05, 4.69) is 29.1 Å². The van der Waals surface area contributed by atoms with Crippen LogP contribution >= 0.6 is 0 Å². The molecule has 3 rings (SSSR count). The fraction of sp³-hybridized carbons (Fsp3) is 0.444. The van der Waals surface area contributed by atoms with E-state index in [0.29, 0.717) is 23.9 Å². The summed E-state index contributed by atoms with van der Waals surface area (Å²) in [7, 11) is -3.40. The molecular formula is C18H24N4O2S. The molecule has 2 aromatic rings. The third-order valence-electron chi connectivity index (χ3n) is 4.47. The van der Waals surface area contributed by atoms with Crippen molar-refractivity contribution < 1.29 is 8.42 Å². The summed E-state index contributed by atoms with van der Waals surface area (Å²) in [5, 5.41) is 3.42. The summed E-state index contributed by atoms with van der Waals surface area (Å²) in [6.07, 6.45) is 3.09. The van der Waals surface area contributed by atoms with Crippen LogP contribution in [0.1, 0.15) is 38.3 Å². The van der Waals surface area contributed by atoms with E-state index >= 15 is 0 Å². The molecule has 0 atom stereocenters. The Labute approximate surface area is 149 Å². The van der Waals surface area contributed by atoms with Crippen LogP contribution in [-0.2, 0) is 10.0 Å². The highest BCUT2D eigenvalue weighted by molar-refractivity contribution is 7.89. The van der Waals surface area contributed by atoms with Crippen LogP contribution in [0.5, 0.6) is 0 Å². The summed E-state index contributed by atoms with van der Waals surface area (Å²) in [6.45, 7) is 5.21. The monoisotopic (exact) mass is 360 g/mol. The first kappa shape index (κ1) is 17.8. The van der Waals surface area contributed by atoms with E-state index in [1.165, 1.54) is 0 Å². The van der Waals surface area contributed by atoms with E-state index in [4.69, 9.17) is 0 Å².